The van der Waals surface area contributed by atoms with E-state index in [1.54, 1.807) is 18.2 Å². The number of nitrogens with two attached hydrogens (primary N) is 1. The molecule has 94 valence electrons. The smallest absolute Gasteiger partial charge is 0.281 e. The first kappa shape index (κ1) is 12.5. The summed E-state index contributed by atoms with van der Waals surface area (Å²) >= 11 is 0. The molecular weight excluding hydrogens is 232 g/mol. The van der Waals surface area contributed by atoms with E-state index >= 15 is 0 Å². The average molecular weight is 246 g/mol. The molecule has 3 N–H and O–H groups in total. The number of hydrogen-bond donors (Lipinski definition) is 2. The molecule has 5 nitrogen and oxygen atoms in total. The maximum Gasteiger partial charge on any atom is 0.281 e. The first-order chi connectivity index (χ1) is 8.65. The van der Waals surface area contributed by atoms with E-state index in [1.807, 2.05) is 18.2 Å². The molecule has 0 bridgehead atoms. The van der Waals surface area contributed by atoms with Gasteiger partial charge in [-0.05, 0) is 23.9 Å². The maximum absolute atomic E-state index is 11.2. The molecule has 0 aliphatic carbocycles. The fourth-order valence-electron chi connectivity index (χ4n) is 2.07. The Labute approximate surface area is 104 Å². The van der Waals surface area contributed by atoms with Crippen LogP contribution in [-0.4, -0.2) is 16.6 Å². The molecule has 1 atom stereocenters. The summed E-state index contributed by atoms with van der Waals surface area (Å²) in [4.78, 5) is 10.8. The third kappa shape index (κ3) is 2.18. The summed E-state index contributed by atoms with van der Waals surface area (Å²) in [5.41, 5.74) is 6.37. The lowest BCUT2D eigenvalue weighted by Gasteiger charge is -2.12. The van der Waals surface area contributed by atoms with Crippen LogP contribution in [0, 0.1) is 10.1 Å². The summed E-state index contributed by atoms with van der Waals surface area (Å²) in [5, 5.41) is 21.5. The van der Waals surface area contributed by atoms with Crippen molar-refractivity contribution in [1.82, 2.24) is 0 Å². The number of benzene rings is 2. The Morgan fingerprint density at radius 3 is 2.67 bits per heavy atom. The van der Waals surface area contributed by atoms with Crippen LogP contribution in [0.2, 0.25) is 0 Å². The summed E-state index contributed by atoms with van der Waals surface area (Å²) in [6.07, 6.45) is 0.305. The zero-order chi connectivity index (χ0) is 13.1. The van der Waals surface area contributed by atoms with E-state index in [1.165, 1.54) is 0 Å². The Balaban J connectivity index is 2.66. The van der Waals surface area contributed by atoms with Crippen molar-refractivity contribution >= 4 is 16.5 Å². The van der Waals surface area contributed by atoms with Crippen molar-refractivity contribution in [3.63, 3.8) is 0 Å². The minimum Gasteiger partial charge on any atom is -0.396 e. The molecule has 2 aromatic carbocycles. The summed E-state index contributed by atoms with van der Waals surface area (Å²) < 4.78 is 0. The Kier molecular flexibility index (Phi) is 3.55. The van der Waals surface area contributed by atoms with Crippen molar-refractivity contribution in [3.8, 4) is 0 Å². The van der Waals surface area contributed by atoms with Gasteiger partial charge < -0.3 is 10.8 Å². The van der Waals surface area contributed by atoms with E-state index in [0.717, 1.165) is 5.39 Å². The van der Waals surface area contributed by atoms with Gasteiger partial charge in [-0.15, -0.1) is 0 Å². The van der Waals surface area contributed by atoms with E-state index in [4.69, 9.17) is 10.8 Å². The van der Waals surface area contributed by atoms with Crippen LogP contribution in [0.25, 0.3) is 10.8 Å². The predicted octanol–water partition coefficient (Wildman–Crippen LogP) is 2.13. The van der Waals surface area contributed by atoms with Gasteiger partial charge in [-0.1, -0.05) is 24.3 Å². The summed E-state index contributed by atoms with van der Waals surface area (Å²) in [6.45, 7) is -0.0921. The molecule has 0 aliphatic rings. The second-order valence-electron chi connectivity index (χ2n) is 4.10. The van der Waals surface area contributed by atoms with E-state index in [9.17, 15) is 10.1 Å². The van der Waals surface area contributed by atoms with Crippen molar-refractivity contribution in [3.05, 3.63) is 52.1 Å². The molecule has 5 heteroatoms. The number of nitro benzene ring substituents is 1. The van der Waals surface area contributed by atoms with Gasteiger partial charge in [0.1, 0.15) is 0 Å². The maximum atomic E-state index is 11.2. The quantitative estimate of drug-likeness (QED) is 0.638. The molecule has 0 heterocycles. The number of aliphatic hydroxyl groups excluding tert-OH is 1. The molecule has 0 saturated heterocycles. The van der Waals surface area contributed by atoms with E-state index in [2.05, 4.69) is 0 Å². The molecule has 2 aromatic rings. The molecule has 0 amide bonds. The van der Waals surface area contributed by atoms with Crippen molar-refractivity contribution in [2.75, 3.05) is 6.61 Å². The van der Waals surface area contributed by atoms with E-state index in [0.29, 0.717) is 17.4 Å². The Morgan fingerprint density at radius 2 is 2.00 bits per heavy atom. The Hall–Kier alpha value is -1.98. The fourth-order valence-corrected chi connectivity index (χ4v) is 2.07. The fraction of sp³-hybridized carbons (Fsp3) is 0.231. The molecule has 0 radical (unpaired) electrons. The standard InChI is InChI=1S/C13H14N2O3/c14-12(7-8-16)11-6-5-9-3-1-2-4-10(9)13(11)15(17)18/h1-6,12,16H,7-8,14H2. The first-order valence-corrected chi connectivity index (χ1v) is 5.67. The summed E-state index contributed by atoms with van der Waals surface area (Å²) in [6, 6.07) is 10.1. The van der Waals surface area contributed by atoms with Crippen molar-refractivity contribution in [2.45, 2.75) is 12.5 Å². The number of rotatable bonds is 4. The minimum absolute atomic E-state index is 0.0362. The monoisotopic (exact) mass is 246 g/mol. The van der Waals surface area contributed by atoms with Gasteiger partial charge in [0.05, 0.1) is 10.3 Å². The van der Waals surface area contributed by atoms with Gasteiger partial charge in [0.25, 0.3) is 5.69 Å². The van der Waals surface area contributed by atoms with E-state index < -0.39 is 11.0 Å². The molecule has 2 rings (SSSR count). The van der Waals surface area contributed by atoms with E-state index in [-0.39, 0.29) is 12.3 Å². The van der Waals surface area contributed by atoms with Gasteiger partial charge >= 0.3 is 0 Å². The number of nitrogens with zero attached hydrogens (tertiary/aromatic N) is 1. The lowest BCUT2D eigenvalue weighted by molar-refractivity contribution is -0.383. The normalized spacial score (nSPS) is 12.6. The number of hydrogen-bond acceptors (Lipinski definition) is 4. The number of fused-ring (bicyclic) bond motifs is 1. The van der Waals surface area contributed by atoms with Gasteiger partial charge in [0.15, 0.2) is 0 Å². The van der Waals surface area contributed by atoms with Crippen LogP contribution >= 0.6 is 0 Å². The first-order valence-electron chi connectivity index (χ1n) is 5.67. The van der Waals surface area contributed by atoms with Crippen LogP contribution in [0.5, 0.6) is 0 Å². The largest absolute Gasteiger partial charge is 0.396 e. The Morgan fingerprint density at radius 1 is 1.28 bits per heavy atom. The van der Waals surface area contributed by atoms with Gasteiger partial charge in [-0.25, -0.2) is 0 Å². The zero-order valence-corrected chi connectivity index (χ0v) is 9.74. The highest BCUT2D eigenvalue weighted by atomic mass is 16.6. The Bertz CT molecular complexity index is 583. The molecule has 18 heavy (non-hydrogen) atoms. The van der Waals surface area contributed by atoms with Crippen LogP contribution in [0.3, 0.4) is 0 Å². The SMILES string of the molecule is NC(CCO)c1ccc2ccccc2c1[N+](=O)[O-]. The van der Waals surface area contributed by atoms with Gasteiger partial charge in [-0.3, -0.25) is 10.1 Å². The number of nitro groups is 1. The number of aliphatic hydroxyl groups is 1. The van der Waals surface area contributed by atoms with Crippen LogP contribution in [-0.2, 0) is 0 Å². The van der Waals surface area contributed by atoms with Crippen molar-refractivity contribution in [1.29, 1.82) is 0 Å². The van der Waals surface area contributed by atoms with Crippen LogP contribution in [0.15, 0.2) is 36.4 Å². The van der Waals surface area contributed by atoms with Crippen LogP contribution in [0.4, 0.5) is 5.69 Å². The molecule has 0 saturated carbocycles. The predicted molar refractivity (Wildman–Crippen MR) is 69.2 cm³/mol. The van der Waals surface area contributed by atoms with Crippen LogP contribution < -0.4 is 5.73 Å². The molecule has 0 fully saturated rings. The third-order valence-electron chi connectivity index (χ3n) is 2.95. The molecule has 0 spiro atoms. The summed E-state index contributed by atoms with van der Waals surface area (Å²) in [7, 11) is 0. The summed E-state index contributed by atoms with van der Waals surface area (Å²) in [5.74, 6) is 0. The van der Waals surface area contributed by atoms with Crippen molar-refractivity contribution < 1.29 is 10.0 Å². The second kappa shape index (κ2) is 5.12. The highest BCUT2D eigenvalue weighted by Crippen LogP contribution is 2.33. The molecule has 1 unspecified atom stereocenters. The lowest BCUT2D eigenvalue weighted by atomic mass is 9.98. The van der Waals surface area contributed by atoms with Crippen LogP contribution in [0.1, 0.15) is 18.0 Å². The lowest BCUT2D eigenvalue weighted by Crippen LogP contribution is -2.14. The highest BCUT2D eigenvalue weighted by Gasteiger charge is 2.22. The zero-order valence-electron chi connectivity index (χ0n) is 9.74. The van der Waals surface area contributed by atoms with Crippen molar-refractivity contribution in [2.24, 2.45) is 5.73 Å². The molecular formula is C13H14N2O3. The van der Waals surface area contributed by atoms with Gasteiger partial charge in [0.2, 0.25) is 0 Å². The van der Waals surface area contributed by atoms with Gasteiger partial charge in [-0.2, -0.15) is 0 Å². The molecule has 0 aliphatic heterocycles. The topological polar surface area (TPSA) is 89.4 Å². The highest BCUT2D eigenvalue weighted by molar-refractivity contribution is 5.92. The average Bonchev–Trinajstić information content (AvgIpc) is 2.37. The van der Waals surface area contributed by atoms with Gasteiger partial charge in [0, 0.05) is 18.2 Å². The minimum atomic E-state index is -0.528. The molecule has 0 aromatic heterocycles. The second-order valence-corrected chi connectivity index (χ2v) is 4.10. The third-order valence-corrected chi connectivity index (χ3v) is 2.95.